The predicted octanol–water partition coefficient (Wildman–Crippen LogP) is 4.58. The van der Waals surface area contributed by atoms with Crippen LogP contribution in [0, 0.1) is 17.0 Å². The molecule has 1 aromatic heterocycles. The van der Waals surface area contributed by atoms with Crippen LogP contribution < -0.4 is 4.90 Å². The average Bonchev–Trinajstić information content (AvgIpc) is 3.06. The Bertz CT molecular complexity index is 1010. The summed E-state index contributed by atoms with van der Waals surface area (Å²) in [7, 11) is 0. The number of para-hydroxylation sites is 1. The van der Waals surface area contributed by atoms with Crippen molar-refractivity contribution in [1.82, 2.24) is 4.98 Å². The van der Waals surface area contributed by atoms with Crippen molar-refractivity contribution in [2.75, 3.05) is 11.4 Å². The largest absolute Gasteiger partial charge is 0.285 e. The smallest absolute Gasteiger partial charge is 0.270 e. The second-order valence-electron chi connectivity index (χ2n) is 5.69. The first kappa shape index (κ1) is 17.8. The summed E-state index contributed by atoms with van der Waals surface area (Å²) in [5, 5.41) is 11.5. The minimum absolute atomic E-state index is 0.00593. The van der Waals surface area contributed by atoms with Gasteiger partial charge in [0.1, 0.15) is 0 Å². The maximum atomic E-state index is 12.6. The molecule has 0 aliphatic carbocycles. The maximum absolute atomic E-state index is 12.6. The third-order valence-electron chi connectivity index (χ3n) is 3.92. The van der Waals surface area contributed by atoms with E-state index in [9.17, 15) is 14.9 Å². The summed E-state index contributed by atoms with van der Waals surface area (Å²) >= 11 is 1.47. The fourth-order valence-electron chi connectivity index (χ4n) is 2.57. The molecule has 0 aliphatic rings. The standard InChI is InChI=1S/C19H17N3O3S/c1-3-21(19-20-18-13(2)6-4-9-16(18)26-19)17(23)11-10-14-7-5-8-15(12-14)22(24)25/h4-12H,3H2,1-2H3/b11-10+. The van der Waals surface area contributed by atoms with Crippen LogP contribution in [0.5, 0.6) is 0 Å². The number of aryl methyl sites for hydroxylation is 1. The molecule has 0 N–H and O–H groups in total. The summed E-state index contributed by atoms with van der Waals surface area (Å²) < 4.78 is 1.04. The predicted molar refractivity (Wildman–Crippen MR) is 105 cm³/mol. The minimum Gasteiger partial charge on any atom is -0.285 e. The highest BCUT2D eigenvalue weighted by molar-refractivity contribution is 7.22. The quantitative estimate of drug-likeness (QED) is 0.376. The summed E-state index contributed by atoms with van der Waals surface area (Å²) in [5.41, 5.74) is 2.57. The number of likely N-dealkylation sites (N-methyl/N-ethyl adjacent to an activating group) is 1. The van der Waals surface area contributed by atoms with Crippen molar-refractivity contribution < 1.29 is 9.72 Å². The summed E-state index contributed by atoms with van der Waals surface area (Å²) in [6.07, 6.45) is 3.00. The van der Waals surface area contributed by atoms with Gasteiger partial charge < -0.3 is 0 Å². The normalized spacial score (nSPS) is 11.2. The van der Waals surface area contributed by atoms with Crippen molar-refractivity contribution in [1.29, 1.82) is 0 Å². The zero-order chi connectivity index (χ0) is 18.7. The summed E-state index contributed by atoms with van der Waals surface area (Å²) in [6.45, 7) is 4.36. The molecular weight excluding hydrogens is 350 g/mol. The van der Waals surface area contributed by atoms with Crippen molar-refractivity contribution >= 4 is 44.4 Å². The van der Waals surface area contributed by atoms with E-state index in [-0.39, 0.29) is 11.6 Å². The number of nitrogens with zero attached hydrogens (tertiary/aromatic N) is 3. The van der Waals surface area contributed by atoms with Gasteiger partial charge in [-0.2, -0.15) is 0 Å². The summed E-state index contributed by atoms with van der Waals surface area (Å²) in [5.74, 6) is -0.212. The van der Waals surface area contributed by atoms with Crippen LogP contribution in [-0.2, 0) is 4.79 Å². The first-order valence-electron chi connectivity index (χ1n) is 8.09. The number of fused-ring (bicyclic) bond motifs is 1. The fourth-order valence-corrected chi connectivity index (χ4v) is 3.69. The lowest BCUT2D eigenvalue weighted by Crippen LogP contribution is -2.28. The number of carbonyl (C=O) groups excluding carboxylic acids is 1. The molecule has 0 fully saturated rings. The van der Waals surface area contributed by atoms with Gasteiger partial charge in [0.25, 0.3) is 11.6 Å². The molecule has 3 aromatic rings. The van der Waals surface area contributed by atoms with Gasteiger partial charge in [-0.15, -0.1) is 0 Å². The van der Waals surface area contributed by atoms with Crippen LogP contribution in [-0.4, -0.2) is 22.4 Å². The number of anilines is 1. The number of hydrogen-bond donors (Lipinski definition) is 0. The molecule has 0 atom stereocenters. The Morgan fingerprint density at radius 1 is 1.31 bits per heavy atom. The van der Waals surface area contributed by atoms with Gasteiger partial charge in [-0.05, 0) is 37.1 Å². The van der Waals surface area contributed by atoms with Gasteiger partial charge in [0.2, 0.25) is 0 Å². The average molecular weight is 367 g/mol. The minimum atomic E-state index is -0.457. The second kappa shape index (κ2) is 7.45. The number of aromatic nitrogens is 1. The van der Waals surface area contributed by atoms with Crippen LogP contribution in [0.4, 0.5) is 10.8 Å². The maximum Gasteiger partial charge on any atom is 0.270 e. The third kappa shape index (κ3) is 3.62. The van der Waals surface area contributed by atoms with Crippen LogP contribution in [0.25, 0.3) is 16.3 Å². The molecule has 7 heteroatoms. The molecular formula is C19H17N3O3S. The van der Waals surface area contributed by atoms with E-state index in [1.54, 1.807) is 23.1 Å². The van der Waals surface area contributed by atoms with Crippen molar-refractivity contribution in [2.24, 2.45) is 0 Å². The molecule has 1 amide bonds. The number of thiazole rings is 1. The zero-order valence-corrected chi connectivity index (χ0v) is 15.2. The molecule has 6 nitrogen and oxygen atoms in total. The molecule has 26 heavy (non-hydrogen) atoms. The highest BCUT2D eigenvalue weighted by atomic mass is 32.1. The molecule has 0 aliphatic heterocycles. The van der Waals surface area contributed by atoms with E-state index in [4.69, 9.17) is 0 Å². The molecule has 0 unspecified atom stereocenters. The number of rotatable bonds is 5. The van der Waals surface area contributed by atoms with Gasteiger partial charge >= 0.3 is 0 Å². The van der Waals surface area contributed by atoms with E-state index in [0.717, 1.165) is 15.8 Å². The lowest BCUT2D eigenvalue weighted by Gasteiger charge is -2.15. The molecule has 0 saturated heterocycles. The van der Waals surface area contributed by atoms with E-state index in [2.05, 4.69) is 4.98 Å². The summed E-state index contributed by atoms with van der Waals surface area (Å²) in [4.78, 5) is 29.2. The first-order chi connectivity index (χ1) is 12.5. The third-order valence-corrected chi connectivity index (χ3v) is 4.97. The number of benzene rings is 2. The Balaban J connectivity index is 1.85. The van der Waals surface area contributed by atoms with Crippen LogP contribution in [0.2, 0.25) is 0 Å². The Labute approximate surface area is 154 Å². The zero-order valence-electron chi connectivity index (χ0n) is 14.4. The van der Waals surface area contributed by atoms with Crippen LogP contribution in [0.1, 0.15) is 18.1 Å². The molecule has 132 valence electrons. The van der Waals surface area contributed by atoms with Gasteiger partial charge in [-0.1, -0.05) is 35.6 Å². The molecule has 0 bridgehead atoms. The van der Waals surface area contributed by atoms with Gasteiger partial charge in [-0.3, -0.25) is 19.8 Å². The van der Waals surface area contributed by atoms with Crippen molar-refractivity contribution in [2.45, 2.75) is 13.8 Å². The Morgan fingerprint density at radius 3 is 2.77 bits per heavy atom. The van der Waals surface area contributed by atoms with Gasteiger partial charge in [0.15, 0.2) is 5.13 Å². The Hall–Kier alpha value is -3.06. The van der Waals surface area contributed by atoms with E-state index in [1.807, 2.05) is 32.0 Å². The SMILES string of the molecule is CCN(C(=O)/C=C/c1cccc([N+](=O)[O-])c1)c1nc2c(C)cccc2s1. The highest BCUT2D eigenvalue weighted by Crippen LogP contribution is 2.30. The lowest BCUT2D eigenvalue weighted by atomic mass is 10.2. The monoisotopic (exact) mass is 367 g/mol. The fraction of sp³-hybridized carbons (Fsp3) is 0.158. The number of carbonyl (C=O) groups is 1. The van der Waals surface area contributed by atoms with Crippen molar-refractivity contribution in [3.8, 4) is 0 Å². The van der Waals surface area contributed by atoms with Crippen LogP contribution >= 0.6 is 11.3 Å². The number of amides is 1. The van der Waals surface area contributed by atoms with Crippen molar-refractivity contribution in [3.05, 3.63) is 69.8 Å². The number of non-ortho nitro benzene ring substituents is 1. The van der Waals surface area contributed by atoms with Gasteiger partial charge in [0, 0.05) is 24.8 Å². The first-order valence-corrected chi connectivity index (χ1v) is 8.91. The number of nitro benzene ring substituents is 1. The van der Waals surface area contributed by atoms with Gasteiger partial charge in [0.05, 0.1) is 15.1 Å². The van der Waals surface area contributed by atoms with E-state index in [1.165, 1.54) is 29.5 Å². The lowest BCUT2D eigenvalue weighted by molar-refractivity contribution is -0.384. The summed E-state index contributed by atoms with van der Waals surface area (Å²) in [6, 6.07) is 12.1. The molecule has 0 radical (unpaired) electrons. The number of hydrogen-bond acceptors (Lipinski definition) is 5. The second-order valence-corrected chi connectivity index (χ2v) is 6.70. The molecule has 2 aromatic carbocycles. The topological polar surface area (TPSA) is 76.3 Å². The van der Waals surface area contributed by atoms with Crippen LogP contribution in [0.15, 0.2) is 48.5 Å². The highest BCUT2D eigenvalue weighted by Gasteiger charge is 2.16. The Kier molecular flexibility index (Phi) is 5.09. The number of nitro groups is 1. The molecule has 0 saturated carbocycles. The van der Waals surface area contributed by atoms with Gasteiger partial charge in [-0.25, -0.2) is 4.98 Å². The van der Waals surface area contributed by atoms with Crippen molar-refractivity contribution in [3.63, 3.8) is 0 Å². The molecule has 1 heterocycles. The van der Waals surface area contributed by atoms with Crippen LogP contribution in [0.3, 0.4) is 0 Å². The van der Waals surface area contributed by atoms with E-state index < -0.39 is 4.92 Å². The molecule has 0 spiro atoms. The van der Waals surface area contributed by atoms with E-state index in [0.29, 0.717) is 17.2 Å². The Morgan fingerprint density at radius 2 is 2.08 bits per heavy atom. The molecule has 3 rings (SSSR count). The van der Waals surface area contributed by atoms with E-state index >= 15 is 0 Å².